The quantitative estimate of drug-likeness (QED) is 0.546. The Morgan fingerprint density at radius 3 is 2.44 bits per heavy atom. The Labute approximate surface area is 161 Å². The van der Waals surface area contributed by atoms with Gasteiger partial charge in [0.05, 0.1) is 6.33 Å². The van der Waals surface area contributed by atoms with Gasteiger partial charge in [0, 0.05) is 24.9 Å². The topological polar surface area (TPSA) is 104 Å². The highest BCUT2D eigenvalue weighted by molar-refractivity contribution is 5.77. The molecule has 1 aliphatic carbocycles. The number of nitrogens with zero attached hydrogens (tertiary/aromatic N) is 2. The minimum absolute atomic E-state index is 0.161. The number of rotatable bonds is 11. The van der Waals surface area contributed by atoms with Crippen molar-refractivity contribution in [3.05, 3.63) is 18.2 Å². The third-order valence-corrected chi connectivity index (χ3v) is 5.42. The number of imidazole rings is 1. The molecule has 1 fully saturated rings. The third-order valence-electron chi connectivity index (χ3n) is 5.42. The molecule has 0 aromatic carbocycles. The van der Waals surface area contributed by atoms with E-state index in [-0.39, 0.29) is 12.3 Å². The van der Waals surface area contributed by atoms with E-state index < -0.39 is 24.0 Å². The summed E-state index contributed by atoms with van der Waals surface area (Å²) in [4.78, 5) is 27.4. The Balaban J connectivity index is 1.98. The van der Waals surface area contributed by atoms with E-state index in [1.165, 1.54) is 32.1 Å². The number of carboxylic acid groups (broad SMARTS) is 2. The van der Waals surface area contributed by atoms with Crippen LogP contribution in [-0.4, -0.2) is 43.8 Å². The second-order valence-electron chi connectivity index (χ2n) is 8.15. The van der Waals surface area contributed by atoms with Crippen molar-refractivity contribution in [2.24, 2.45) is 11.8 Å². The fraction of sp³-hybridized carbons (Fsp3) is 0.750. The van der Waals surface area contributed by atoms with Gasteiger partial charge >= 0.3 is 11.9 Å². The van der Waals surface area contributed by atoms with Gasteiger partial charge < -0.3 is 14.8 Å². The highest BCUT2D eigenvalue weighted by Gasteiger charge is 2.27. The zero-order chi connectivity index (χ0) is 19.8. The van der Waals surface area contributed by atoms with E-state index >= 15 is 0 Å². The molecule has 2 atom stereocenters. The summed E-state index contributed by atoms with van der Waals surface area (Å²) in [5, 5.41) is 21.8. The van der Waals surface area contributed by atoms with Crippen molar-refractivity contribution in [1.29, 1.82) is 0 Å². The molecule has 7 heteroatoms. The number of aliphatic carboxylic acids is 2. The maximum absolute atomic E-state index is 11.7. The van der Waals surface area contributed by atoms with Gasteiger partial charge in [0.1, 0.15) is 12.1 Å². The fourth-order valence-electron chi connectivity index (χ4n) is 3.90. The van der Waals surface area contributed by atoms with Crippen LogP contribution in [0.15, 0.2) is 12.5 Å². The predicted octanol–water partition coefficient (Wildman–Crippen LogP) is 2.94. The molecule has 3 N–H and O–H groups in total. The lowest BCUT2D eigenvalue weighted by Gasteiger charge is -2.23. The molecule has 0 bridgehead atoms. The van der Waals surface area contributed by atoms with E-state index in [2.05, 4.69) is 10.3 Å². The van der Waals surface area contributed by atoms with Crippen molar-refractivity contribution in [2.45, 2.75) is 83.8 Å². The Hall–Kier alpha value is -1.89. The van der Waals surface area contributed by atoms with Crippen molar-refractivity contribution in [3.63, 3.8) is 0 Å². The molecule has 152 valence electrons. The van der Waals surface area contributed by atoms with Gasteiger partial charge in [-0.1, -0.05) is 46.0 Å². The first-order valence-corrected chi connectivity index (χ1v) is 10.1. The van der Waals surface area contributed by atoms with Gasteiger partial charge in [-0.3, -0.25) is 14.9 Å². The number of carboxylic acids is 2. The molecule has 7 nitrogen and oxygen atoms in total. The molecule has 1 heterocycles. The molecule has 0 spiro atoms. The van der Waals surface area contributed by atoms with E-state index in [9.17, 15) is 19.8 Å². The summed E-state index contributed by atoms with van der Waals surface area (Å²) >= 11 is 0. The molecule has 0 radical (unpaired) electrons. The number of aromatic nitrogens is 2. The van der Waals surface area contributed by atoms with E-state index in [4.69, 9.17) is 0 Å². The van der Waals surface area contributed by atoms with Crippen molar-refractivity contribution in [3.8, 4) is 0 Å². The van der Waals surface area contributed by atoms with Crippen LogP contribution in [0.2, 0.25) is 0 Å². The highest BCUT2D eigenvalue weighted by atomic mass is 16.4. The van der Waals surface area contributed by atoms with Gasteiger partial charge in [0.2, 0.25) is 0 Å². The van der Waals surface area contributed by atoms with Gasteiger partial charge in [0.25, 0.3) is 0 Å². The average Bonchev–Trinajstić information content (AvgIpc) is 3.06. The summed E-state index contributed by atoms with van der Waals surface area (Å²) < 4.78 is 2.02. The lowest BCUT2D eigenvalue weighted by atomic mass is 9.87. The largest absolute Gasteiger partial charge is 0.480 e. The fourth-order valence-corrected chi connectivity index (χ4v) is 3.90. The maximum Gasteiger partial charge on any atom is 0.321 e. The third kappa shape index (κ3) is 6.97. The standard InChI is InChI=1S/C20H33N3O4/c1-14(2)10-17(19(24)25)22-18(20(26)27)11-16-12-21-13-23(16)9-8-15-6-4-3-5-7-15/h12-15,17-18,22H,3-11H2,1-2H3,(H,24,25)(H,26,27)/t17?,18-/m0/s1. The number of carbonyl (C=O) groups is 2. The first-order valence-electron chi connectivity index (χ1n) is 10.1. The van der Waals surface area contributed by atoms with Gasteiger partial charge in [-0.25, -0.2) is 4.98 Å². The predicted molar refractivity (Wildman–Crippen MR) is 103 cm³/mol. The van der Waals surface area contributed by atoms with Gasteiger partial charge in [-0.15, -0.1) is 0 Å². The summed E-state index contributed by atoms with van der Waals surface area (Å²) in [6.45, 7) is 4.68. The second kappa shape index (κ2) is 10.4. The zero-order valence-corrected chi connectivity index (χ0v) is 16.4. The van der Waals surface area contributed by atoms with Gasteiger partial charge in [0.15, 0.2) is 0 Å². The Morgan fingerprint density at radius 2 is 1.85 bits per heavy atom. The SMILES string of the molecule is CC(C)CC(N[C@@H](Cc1cncn1CCC1CCCCC1)C(=O)O)C(=O)O. The average molecular weight is 380 g/mol. The van der Waals surface area contributed by atoms with Crippen LogP contribution in [0.1, 0.15) is 64.5 Å². The normalized spacial score (nSPS) is 17.7. The Bertz CT molecular complexity index is 608. The molecular formula is C20H33N3O4. The highest BCUT2D eigenvalue weighted by Crippen LogP contribution is 2.26. The Kier molecular flexibility index (Phi) is 8.28. The number of hydrogen-bond acceptors (Lipinski definition) is 4. The van der Waals surface area contributed by atoms with Crippen molar-refractivity contribution in [1.82, 2.24) is 14.9 Å². The van der Waals surface area contributed by atoms with Crippen molar-refractivity contribution >= 4 is 11.9 Å². The van der Waals surface area contributed by atoms with E-state index in [1.807, 2.05) is 18.4 Å². The van der Waals surface area contributed by atoms with Crippen LogP contribution in [0.5, 0.6) is 0 Å². The van der Waals surface area contributed by atoms with Crippen molar-refractivity contribution in [2.75, 3.05) is 0 Å². The second-order valence-corrected chi connectivity index (χ2v) is 8.15. The molecule has 1 unspecified atom stereocenters. The van der Waals surface area contributed by atoms with Gasteiger partial charge in [-0.05, 0) is 24.7 Å². The maximum atomic E-state index is 11.7. The molecule has 1 aliphatic rings. The smallest absolute Gasteiger partial charge is 0.321 e. The van der Waals surface area contributed by atoms with E-state index in [0.29, 0.717) is 6.42 Å². The Morgan fingerprint density at radius 1 is 1.19 bits per heavy atom. The summed E-state index contributed by atoms with van der Waals surface area (Å²) in [6.07, 6.45) is 11.6. The van der Waals surface area contributed by atoms with Crippen LogP contribution in [0.25, 0.3) is 0 Å². The lowest BCUT2D eigenvalue weighted by Crippen LogP contribution is -2.49. The number of nitrogens with one attached hydrogen (secondary N) is 1. The van der Waals surface area contributed by atoms with Crippen LogP contribution >= 0.6 is 0 Å². The summed E-state index contributed by atoms with van der Waals surface area (Å²) in [7, 11) is 0. The molecule has 1 saturated carbocycles. The zero-order valence-electron chi connectivity index (χ0n) is 16.4. The summed E-state index contributed by atoms with van der Waals surface area (Å²) in [5.41, 5.74) is 0.833. The van der Waals surface area contributed by atoms with E-state index in [0.717, 1.165) is 24.6 Å². The van der Waals surface area contributed by atoms with Crippen LogP contribution < -0.4 is 5.32 Å². The molecular weight excluding hydrogens is 346 g/mol. The minimum atomic E-state index is -1.04. The van der Waals surface area contributed by atoms with Crippen molar-refractivity contribution < 1.29 is 19.8 Å². The molecule has 1 aromatic rings. The van der Waals surface area contributed by atoms with Crippen LogP contribution in [0, 0.1) is 11.8 Å². The number of hydrogen-bond donors (Lipinski definition) is 3. The first-order chi connectivity index (χ1) is 12.9. The van der Waals surface area contributed by atoms with Gasteiger partial charge in [-0.2, -0.15) is 0 Å². The minimum Gasteiger partial charge on any atom is -0.480 e. The molecule has 0 amide bonds. The molecule has 1 aromatic heterocycles. The lowest BCUT2D eigenvalue weighted by molar-refractivity contribution is -0.142. The molecule has 27 heavy (non-hydrogen) atoms. The number of aryl methyl sites for hydroxylation is 1. The van der Waals surface area contributed by atoms with E-state index in [1.54, 1.807) is 12.5 Å². The molecule has 0 saturated heterocycles. The van der Waals surface area contributed by atoms with Crippen LogP contribution in [0.3, 0.4) is 0 Å². The summed E-state index contributed by atoms with van der Waals surface area (Å²) in [5.74, 6) is -1.15. The van der Waals surface area contributed by atoms with Crippen LogP contribution in [-0.2, 0) is 22.6 Å². The summed E-state index contributed by atoms with van der Waals surface area (Å²) in [6, 6.07) is -1.82. The monoisotopic (exact) mass is 379 g/mol. The molecule has 2 rings (SSSR count). The molecule has 0 aliphatic heterocycles. The van der Waals surface area contributed by atoms with Crippen LogP contribution in [0.4, 0.5) is 0 Å². The first kappa shape index (κ1) is 21.4.